The summed E-state index contributed by atoms with van der Waals surface area (Å²) < 4.78 is 2.26. The molecule has 0 saturated carbocycles. The molecule has 0 bridgehead atoms. The summed E-state index contributed by atoms with van der Waals surface area (Å²) in [6, 6.07) is 0.337. The largest absolute Gasteiger partial charge is 0.330 e. The van der Waals surface area contributed by atoms with Crippen LogP contribution in [-0.4, -0.2) is 22.6 Å². The predicted octanol–water partition coefficient (Wildman–Crippen LogP) is 2.11. The van der Waals surface area contributed by atoms with Gasteiger partial charge in [-0.1, -0.05) is 6.92 Å². The molecule has 0 spiro atoms. The molecule has 1 aromatic rings. The van der Waals surface area contributed by atoms with Crippen molar-refractivity contribution in [1.82, 2.24) is 14.9 Å². The topological polar surface area (TPSA) is 29.9 Å². The van der Waals surface area contributed by atoms with E-state index in [0.717, 1.165) is 19.5 Å². The molecule has 92 valence electrons. The second-order valence-corrected chi connectivity index (χ2v) is 5.25. The van der Waals surface area contributed by atoms with E-state index in [1.54, 1.807) is 0 Å². The van der Waals surface area contributed by atoms with Gasteiger partial charge in [-0.05, 0) is 32.9 Å². The fourth-order valence-electron chi connectivity index (χ4n) is 2.63. The van der Waals surface area contributed by atoms with E-state index in [4.69, 9.17) is 6.42 Å². The predicted molar refractivity (Wildman–Crippen MR) is 69.8 cm³/mol. The first-order valence-electron chi connectivity index (χ1n) is 6.34. The lowest BCUT2D eigenvalue weighted by molar-refractivity contribution is 0.310. The normalized spacial score (nSPS) is 20.8. The van der Waals surface area contributed by atoms with Crippen molar-refractivity contribution < 1.29 is 0 Å². The number of terminal acetylenes is 1. The first-order valence-corrected chi connectivity index (χ1v) is 6.34. The van der Waals surface area contributed by atoms with Crippen molar-refractivity contribution in [3.63, 3.8) is 0 Å². The molecular weight excluding hydrogens is 210 g/mol. The molecule has 1 fully saturated rings. The Bertz CT molecular complexity index is 407. The second kappa shape index (κ2) is 4.93. The van der Waals surface area contributed by atoms with E-state index in [1.165, 1.54) is 18.5 Å². The van der Waals surface area contributed by atoms with Crippen LogP contribution in [0.4, 0.5) is 0 Å². The molecular formula is C14H21N3. The quantitative estimate of drug-likeness (QED) is 0.807. The van der Waals surface area contributed by atoms with Gasteiger partial charge in [0.15, 0.2) is 0 Å². The molecule has 1 N–H and O–H groups in total. The molecule has 0 amide bonds. The van der Waals surface area contributed by atoms with Crippen LogP contribution in [0.2, 0.25) is 0 Å². The van der Waals surface area contributed by atoms with E-state index in [9.17, 15) is 0 Å². The van der Waals surface area contributed by atoms with Gasteiger partial charge in [-0.25, -0.2) is 4.98 Å². The number of nitrogens with one attached hydrogen (secondary N) is 1. The van der Waals surface area contributed by atoms with E-state index < -0.39 is 0 Å². The number of aromatic nitrogens is 2. The van der Waals surface area contributed by atoms with Crippen LogP contribution in [0.5, 0.6) is 0 Å². The fraction of sp³-hybridized carbons (Fsp3) is 0.643. The van der Waals surface area contributed by atoms with E-state index in [0.29, 0.717) is 6.04 Å². The van der Waals surface area contributed by atoms with E-state index in [-0.39, 0.29) is 5.41 Å². The van der Waals surface area contributed by atoms with Gasteiger partial charge < -0.3 is 9.88 Å². The molecule has 3 heteroatoms. The lowest BCUT2D eigenvalue weighted by Crippen LogP contribution is -2.39. The van der Waals surface area contributed by atoms with Gasteiger partial charge in [-0.3, -0.25) is 0 Å². The average molecular weight is 231 g/mol. The summed E-state index contributed by atoms with van der Waals surface area (Å²) in [7, 11) is 0. The van der Waals surface area contributed by atoms with E-state index in [1.807, 2.05) is 12.5 Å². The Hall–Kier alpha value is -1.27. The van der Waals surface area contributed by atoms with Crippen molar-refractivity contribution in [2.24, 2.45) is 0 Å². The Labute approximate surface area is 104 Å². The Balaban J connectivity index is 2.26. The Kier molecular flexibility index (Phi) is 3.54. The first kappa shape index (κ1) is 12.2. The molecule has 0 aromatic carbocycles. The number of imidazole rings is 1. The third kappa shape index (κ3) is 2.37. The Morgan fingerprint density at radius 3 is 2.94 bits per heavy atom. The molecule has 2 heterocycles. The molecule has 3 nitrogen and oxygen atoms in total. The maximum absolute atomic E-state index is 5.40. The third-order valence-corrected chi connectivity index (χ3v) is 3.88. The van der Waals surface area contributed by atoms with E-state index in [2.05, 4.69) is 34.6 Å². The highest BCUT2D eigenvalue weighted by Gasteiger charge is 2.32. The lowest BCUT2D eigenvalue weighted by Gasteiger charge is -2.35. The zero-order valence-electron chi connectivity index (χ0n) is 10.7. The first-order chi connectivity index (χ1) is 8.17. The van der Waals surface area contributed by atoms with Gasteiger partial charge >= 0.3 is 0 Å². The van der Waals surface area contributed by atoms with Crippen LogP contribution in [-0.2, 0) is 5.41 Å². The summed E-state index contributed by atoms with van der Waals surface area (Å²) in [4.78, 5) is 4.32. The van der Waals surface area contributed by atoms with Crippen molar-refractivity contribution in [3.05, 3.63) is 18.2 Å². The maximum Gasteiger partial charge on any atom is 0.0951 e. The molecule has 2 rings (SSSR count). The highest BCUT2D eigenvalue weighted by molar-refractivity contribution is 5.16. The lowest BCUT2D eigenvalue weighted by atomic mass is 9.78. The van der Waals surface area contributed by atoms with Crippen LogP contribution in [0, 0.1) is 12.3 Å². The minimum atomic E-state index is 0.241. The standard InChI is InChI=1S/C14H21N3/c1-4-5-12(2)17-11-16-10-13(17)14(3)6-8-15-9-7-14/h1,10-12,15H,5-9H2,2-3H3. The summed E-state index contributed by atoms with van der Waals surface area (Å²) in [6.07, 6.45) is 12.4. The van der Waals surface area contributed by atoms with Crippen LogP contribution < -0.4 is 5.32 Å². The van der Waals surface area contributed by atoms with Crippen molar-refractivity contribution in [3.8, 4) is 12.3 Å². The van der Waals surface area contributed by atoms with Crippen molar-refractivity contribution in [2.75, 3.05) is 13.1 Å². The van der Waals surface area contributed by atoms with Gasteiger partial charge in [0.2, 0.25) is 0 Å². The summed E-state index contributed by atoms with van der Waals surface area (Å²) in [6.45, 7) is 6.68. The van der Waals surface area contributed by atoms with E-state index >= 15 is 0 Å². The number of hydrogen-bond donors (Lipinski definition) is 1. The summed E-state index contributed by atoms with van der Waals surface area (Å²) >= 11 is 0. The highest BCUT2D eigenvalue weighted by Crippen LogP contribution is 2.34. The molecule has 17 heavy (non-hydrogen) atoms. The van der Waals surface area contributed by atoms with Crippen LogP contribution in [0.15, 0.2) is 12.5 Å². The van der Waals surface area contributed by atoms with Crippen molar-refractivity contribution >= 4 is 0 Å². The Morgan fingerprint density at radius 2 is 2.29 bits per heavy atom. The summed E-state index contributed by atoms with van der Waals surface area (Å²) in [5.41, 5.74) is 1.58. The smallest absolute Gasteiger partial charge is 0.0951 e. The van der Waals surface area contributed by atoms with Gasteiger partial charge in [0.05, 0.1) is 6.33 Å². The minimum Gasteiger partial charge on any atom is -0.330 e. The van der Waals surface area contributed by atoms with Crippen molar-refractivity contribution in [2.45, 2.75) is 44.6 Å². The zero-order valence-corrected chi connectivity index (χ0v) is 10.7. The van der Waals surface area contributed by atoms with Gasteiger partial charge in [0.1, 0.15) is 0 Å². The SMILES string of the molecule is C#CCC(C)n1cncc1C1(C)CCNCC1. The average Bonchev–Trinajstić information content (AvgIpc) is 2.80. The number of piperidine rings is 1. The van der Waals surface area contributed by atoms with Gasteiger partial charge in [0.25, 0.3) is 0 Å². The van der Waals surface area contributed by atoms with Gasteiger partial charge in [-0.15, -0.1) is 12.3 Å². The van der Waals surface area contributed by atoms with Gasteiger partial charge in [-0.2, -0.15) is 0 Å². The van der Waals surface area contributed by atoms with Crippen molar-refractivity contribution in [1.29, 1.82) is 0 Å². The number of rotatable bonds is 3. The van der Waals surface area contributed by atoms with Crippen LogP contribution in [0.25, 0.3) is 0 Å². The third-order valence-electron chi connectivity index (χ3n) is 3.88. The summed E-state index contributed by atoms with van der Waals surface area (Å²) in [5, 5.41) is 3.41. The molecule has 0 radical (unpaired) electrons. The van der Waals surface area contributed by atoms with Crippen LogP contribution >= 0.6 is 0 Å². The number of hydrogen-bond acceptors (Lipinski definition) is 2. The molecule has 1 saturated heterocycles. The zero-order chi connectivity index (χ0) is 12.3. The monoisotopic (exact) mass is 231 g/mol. The molecule has 1 atom stereocenters. The molecule has 0 aliphatic carbocycles. The second-order valence-electron chi connectivity index (χ2n) is 5.25. The highest BCUT2D eigenvalue weighted by atomic mass is 15.1. The Morgan fingerprint density at radius 1 is 1.59 bits per heavy atom. The van der Waals surface area contributed by atoms with Crippen LogP contribution in [0.1, 0.15) is 44.8 Å². The number of nitrogens with zero attached hydrogens (tertiary/aromatic N) is 2. The van der Waals surface area contributed by atoms with Gasteiger partial charge in [0, 0.05) is 29.8 Å². The van der Waals surface area contributed by atoms with Crippen LogP contribution in [0.3, 0.4) is 0 Å². The minimum absolute atomic E-state index is 0.241. The molecule has 1 unspecified atom stereocenters. The molecule has 1 aromatic heterocycles. The fourth-order valence-corrected chi connectivity index (χ4v) is 2.63. The summed E-state index contributed by atoms with van der Waals surface area (Å²) in [5.74, 6) is 2.74. The molecule has 1 aliphatic rings. The maximum atomic E-state index is 5.40. The molecule has 1 aliphatic heterocycles.